The summed E-state index contributed by atoms with van der Waals surface area (Å²) in [6.45, 7) is 0. The van der Waals surface area contributed by atoms with E-state index in [9.17, 15) is 0 Å². The average molecular weight is 705 g/mol. The van der Waals surface area contributed by atoms with E-state index in [1.54, 1.807) is 0 Å². The Kier molecular flexibility index (Phi) is 7.33. The van der Waals surface area contributed by atoms with E-state index in [2.05, 4.69) is 93.2 Å². The summed E-state index contributed by atoms with van der Waals surface area (Å²) >= 11 is 2.91. The molecule has 6 heterocycles. The van der Waals surface area contributed by atoms with Gasteiger partial charge in [-0.1, -0.05) is 120 Å². The van der Waals surface area contributed by atoms with E-state index in [1.165, 1.54) is 33.4 Å². The van der Waals surface area contributed by atoms with Gasteiger partial charge < -0.3 is 0 Å². The van der Waals surface area contributed by atoms with Gasteiger partial charge in [0.05, 0.1) is 11.4 Å². The molecule has 0 saturated carbocycles. The monoisotopic (exact) mass is 704 g/mol. The largest absolute Gasteiger partial charge is 0.245 e. The molecule has 0 radical (unpaired) electrons. The minimum Gasteiger partial charge on any atom is -0.245 e. The molecule has 0 aliphatic carbocycles. The molecule has 10 heteroatoms. The molecule has 0 aliphatic heterocycles. The lowest BCUT2D eigenvalue weighted by Gasteiger charge is -2.07. The third-order valence-electron chi connectivity index (χ3n) is 8.91. The summed E-state index contributed by atoms with van der Waals surface area (Å²) in [5.74, 6) is 0. The Morgan fingerprint density at radius 1 is 0.288 bits per heavy atom. The first-order valence-electron chi connectivity index (χ1n) is 16.6. The van der Waals surface area contributed by atoms with Gasteiger partial charge in [0.25, 0.3) is 0 Å². The van der Waals surface area contributed by atoms with Crippen LogP contribution in [-0.2, 0) is 0 Å². The lowest BCUT2D eigenvalue weighted by molar-refractivity contribution is 1.08. The molecule has 0 saturated heterocycles. The molecule has 0 unspecified atom stereocenters. The van der Waals surface area contributed by atoms with Gasteiger partial charge >= 0.3 is 0 Å². The van der Waals surface area contributed by atoms with E-state index >= 15 is 0 Å². The standard InChI is InChI=1S/C42H24N8S2/c1-3-13-28-25(9-1)11-5-15-30(28)32-17-7-19-34(43-32)39-47-49-41(51-39)36-23-21-27-22-24-37(46-38(27)45-36)42-50-48-40(52-42)35-20-8-18-33(44-35)31-16-6-12-26-10-2-4-14-29(26)31/h1-24H. The van der Waals surface area contributed by atoms with E-state index in [4.69, 9.17) is 19.9 Å². The summed E-state index contributed by atoms with van der Waals surface area (Å²) in [7, 11) is 0. The second-order valence-electron chi connectivity index (χ2n) is 12.1. The predicted molar refractivity (Wildman–Crippen MR) is 210 cm³/mol. The van der Waals surface area contributed by atoms with Crippen molar-refractivity contribution in [3.8, 4) is 65.3 Å². The summed E-state index contributed by atoms with van der Waals surface area (Å²) in [6, 6.07) is 49.2. The van der Waals surface area contributed by atoms with Crippen LogP contribution in [0.15, 0.2) is 146 Å². The smallest absolute Gasteiger partial charge is 0.166 e. The Bertz CT molecular complexity index is 2750. The number of hydrogen-bond donors (Lipinski definition) is 0. The highest BCUT2D eigenvalue weighted by Gasteiger charge is 2.16. The summed E-state index contributed by atoms with van der Waals surface area (Å²) in [4.78, 5) is 19.7. The molecule has 0 N–H and O–H groups in total. The lowest BCUT2D eigenvalue weighted by atomic mass is 10.0. The highest BCUT2D eigenvalue weighted by atomic mass is 32.1. The molecule has 10 rings (SSSR count). The summed E-state index contributed by atoms with van der Waals surface area (Å²) in [5.41, 5.74) is 7.44. The van der Waals surface area contributed by atoms with Gasteiger partial charge in [-0.15, -0.1) is 20.4 Å². The molecule has 0 amide bonds. The van der Waals surface area contributed by atoms with E-state index in [-0.39, 0.29) is 0 Å². The van der Waals surface area contributed by atoms with Gasteiger partial charge in [-0.25, -0.2) is 19.9 Å². The van der Waals surface area contributed by atoms with Gasteiger partial charge in [0.15, 0.2) is 25.7 Å². The van der Waals surface area contributed by atoms with Crippen molar-refractivity contribution in [3.63, 3.8) is 0 Å². The maximum Gasteiger partial charge on any atom is 0.166 e. The molecular weight excluding hydrogens is 681 g/mol. The number of rotatable bonds is 6. The zero-order valence-electron chi connectivity index (χ0n) is 27.3. The summed E-state index contributed by atoms with van der Waals surface area (Å²) < 4.78 is 0. The van der Waals surface area contributed by atoms with Crippen molar-refractivity contribution in [2.24, 2.45) is 0 Å². The fourth-order valence-corrected chi connectivity index (χ4v) is 7.97. The van der Waals surface area contributed by atoms with Crippen LogP contribution in [0.3, 0.4) is 0 Å². The molecule has 10 aromatic rings. The van der Waals surface area contributed by atoms with Crippen molar-refractivity contribution in [2.45, 2.75) is 0 Å². The molecular formula is C42H24N8S2. The number of fused-ring (bicyclic) bond motifs is 3. The molecule has 4 aromatic carbocycles. The van der Waals surface area contributed by atoms with E-state index in [0.29, 0.717) is 27.1 Å². The molecule has 8 nitrogen and oxygen atoms in total. The minimum absolute atomic E-state index is 0.593. The van der Waals surface area contributed by atoms with Gasteiger partial charge in [-0.2, -0.15) is 0 Å². The SMILES string of the molecule is c1cc(-c2nnc(-c3ccc4ccc(-c5nnc(-c6cccc(-c7cccc8ccccc78)n6)s5)nc4n3)s2)nc(-c2cccc3ccccc23)c1. The topological polar surface area (TPSA) is 103 Å². The summed E-state index contributed by atoms with van der Waals surface area (Å²) in [6.07, 6.45) is 0. The summed E-state index contributed by atoms with van der Waals surface area (Å²) in [5, 5.41) is 26.4. The Morgan fingerprint density at radius 2 is 0.673 bits per heavy atom. The molecule has 0 spiro atoms. The third kappa shape index (κ3) is 5.47. The van der Waals surface area contributed by atoms with Gasteiger partial charge in [-0.3, -0.25) is 0 Å². The van der Waals surface area contributed by atoms with Crippen LogP contribution >= 0.6 is 22.7 Å². The van der Waals surface area contributed by atoms with Gasteiger partial charge in [-0.05, 0) is 70.1 Å². The van der Waals surface area contributed by atoms with Crippen molar-refractivity contribution < 1.29 is 0 Å². The van der Waals surface area contributed by atoms with Crippen LogP contribution in [0.5, 0.6) is 0 Å². The normalized spacial score (nSPS) is 11.5. The zero-order chi connectivity index (χ0) is 34.4. The van der Waals surface area contributed by atoms with E-state index in [1.807, 2.05) is 72.8 Å². The quantitative estimate of drug-likeness (QED) is 0.168. The maximum atomic E-state index is 4.98. The highest BCUT2D eigenvalue weighted by Crippen LogP contribution is 2.35. The lowest BCUT2D eigenvalue weighted by Crippen LogP contribution is -1.90. The second kappa shape index (κ2) is 12.6. The fourth-order valence-electron chi connectivity index (χ4n) is 6.40. The van der Waals surface area contributed by atoms with Crippen LogP contribution in [0.25, 0.3) is 97.9 Å². The molecule has 244 valence electrons. The van der Waals surface area contributed by atoms with Gasteiger partial charge in [0.1, 0.15) is 22.8 Å². The molecule has 0 bridgehead atoms. The first-order valence-corrected chi connectivity index (χ1v) is 18.2. The minimum atomic E-state index is 0.593. The third-order valence-corrected chi connectivity index (χ3v) is 10.8. The number of aromatic nitrogens is 8. The van der Waals surface area contributed by atoms with Crippen LogP contribution in [0.1, 0.15) is 0 Å². The number of hydrogen-bond acceptors (Lipinski definition) is 10. The van der Waals surface area contributed by atoms with Crippen molar-refractivity contribution >= 4 is 55.3 Å². The Hall–Kier alpha value is -6.62. The van der Waals surface area contributed by atoms with E-state index < -0.39 is 0 Å². The molecule has 52 heavy (non-hydrogen) atoms. The van der Waals surface area contributed by atoms with E-state index in [0.717, 1.165) is 60.1 Å². The fraction of sp³-hybridized carbons (Fsp3) is 0. The van der Waals surface area contributed by atoms with Gasteiger partial charge in [0.2, 0.25) is 0 Å². The van der Waals surface area contributed by atoms with Crippen molar-refractivity contribution in [2.75, 3.05) is 0 Å². The Balaban J connectivity index is 0.937. The van der Waals surface area contributed by atoms with Crippen molar-refractivity contribution in [1.82, 2.24) is 40.3 Å². The Labute approximate surface area is 305 Å². The van der Waals surface area contributed by atoms with Crippen LogP contribution in [-0.4, -0.2) is 40.3 Å². The van der Waals surface area contributed by atoms with Crippen molar-refractivity contribution in [3.05, 3.63) is 146 Å². The van der Waals surface area contributed by atoms with Crippen LogP contribution in [0.2, 0.25) is 0 Å². The number of benzene rings is 4. The van der Waals surface area contributed by atoms with Gasteiger partial charge in [0, 0.05) is 16.5 Å². The second-order valence-corrected chi connectivity index (χ2v) is 14.1. The average Bonchev–Trinajstić information content (AvgIpc) is 3.92. The van der Waals surface area contributed by atoms with Crippen molar-refractivity contribution in [1.29, 1.82) is 0 Å². The van der Waals surface area contributed by atoms with Crippen LogP contribution in [0, 0.1) is 0 Å². The molecule has 0 atom stereocenters. The Morgan fingerprint density at radius 3 is 1.15 bits per heavy atom. The highest BCUT2D eigenvalue weighted by molar-refractivity contribution is 7.18. The number of nitrogens with zero attached hydrogens (tertiary/aromatic N) is 8. The molecule has 0 aliphatic rings. The van der Waals surface area contributed by atoms with Crippen LogP contribution in [0.4, 0.5) is 0 Å². The molecule has 6 aromatic heterocycles. The first kappa shape index (κ1) is 30.2. The number of pyridine rings is 4. The maximum absolute atomic E-state index is 4.98. The predicted octanol–water partition coefficient (Wildman–Crippen LogP) is 10.4. The van der Waals surface area contributed by atoms with Crippen LogP contribution < -0.4 is 0 Å². The first-order chi connectivity index (χ1) is 25.7. The zero-order valence-corrected chi connectivity index (χ0v) is 28.9. The molecule has 0 fully saturated rings.